The molecule has 0 N–H and O–H groups in total. The van der Waals surface area contributed by atoms with Gasteiger partial charge in [-0.05, 0) is 64.0 Å². The molecule has 4 rings (SSSR count). The lowest BCUT2D eigenvalue weighted by Crippen LogP contribution is -2.51. The van der Waals surface area contributed by atoms with Crippen molar-refractivity contribution in [2.75, 3.05) is 19.6 Å². The molecule has 2 aliphatic heterocycles. The number of aryl methyl sites for hydroxylation is 2. The maximum absolute atomic E-state index is 13.7. The van der Waals surface area contributed by atoms with Gasteiger partial charge in [-0.1, -0.05) is 48.0 Å². The first-order valence-electron chi connectivity index (χ1n) is 12.3. The molecule has 2 aliphatic rings. The molecule has 2 aromatic rings. The molecule has 0 saturated carbocycles. The lowest BCUT2D eigenvalue weighted by atomic mass is 9.93. The highest BCUT2D eigenvalue weighted by Crippen LogP contribution is 2.31. The third kappa shape index (κ3) is 5.13. The van der Waals surface area contributed by atoms with Crippen LogP contribution in [0.3, 0.4) is 0 Å². The molecule has 1 aromatic carbocycles. The minimum absolute atomic E-state index is 0.0911. The fraction of sp³-hybridized carbons (Fsp3) is 0.538. The van der Waals surface area contributed by atoms with E-state index in [0.29, 0.717) is 18.7 Å². The van der Waals surface area contributed by atoms with Gasteiger partial charge in [-0.3, -0.25) is 4.79 Å². The number of amides is 1. The molecule has 2 unspecified atom stereocenters. The molecule has 7 nitrogen and oxygen atoms in total. The normalized spacial score (nSPS) is 22.4. The smallest absolute Gasteiger partial charge is 0.248 e. The molecule has 0 radical (unpaired) electrons. The molecule has 2 saturated heterocycles. The van der Waals surface area contributed by atoms with Gasteiger partial charge >= 0.3 is 0 Å². The zero-order valence-electron chi connectivity index (χ0n) is 20.4. The third-order valence-corrected chi connectivity index (χ3v) is 9.07. The predicted octanol–water partition coefficient (Wildman–Crippen LogP) is 4.65. The molecular formula is C26H35N3O4S. The summed E-state index contributed by atoms with van der Waals surface area (Å²) in [5, 5.41) is 3.95. The molecule has 0 aliphatic carbocycles. The Balaban J connectivity index is 1.54. The molecule has 3 heterocycles. The topological polar surface area (TPSA) is 83.7 Å². The van der Waals surface area contributed by atoms with Gasteiger partial charge < -0.3 is 9.42 Å². The van der Waals surface area contributed by atoms with Gasteiger partial charge in [0.25, 0.3) is 0 Å². The largest absolute Gasteiger partial charge is 0.355 e. The summed E-state index contributed by atoms with van der Waals surface area (Å²) < 4.78 is 34.2. The van der Waals surface area contributed by atoms with Crippen LogP contribution in [-0.2, 0) is 14.8 Å². The molecule has 8 heteroatoms. The van der Waals surface area contributed by atoms with Crippen LogP contribution in [0, 0.1) is 19.8 Å². The summed E-state index contributed by atoms with van der Waals surface area (Å²) in [6.07, 6.45) is 9.02. The van der Waals surface area contributed by atoms with Crippen LogP contribution >= 0.6 is 0 Å². The van der Waals surface area contributed by atoms with Crippen LogP contribution < -0.4 is 0 Å². The van der Waals surface area contributed by atoms with Gasteiger partial charge in [0.15, 0.2) is 10.7 Å². The number of likely N-dealkylation sites (tertiary alicyclic amines) is 1. The summed E-state index contributed by atoms with van der Waals surface area (Å²) in [7, 11) is -3.85. The summed E-state index contributed by atoms with van der Waals surface area (Å²) in [4.78, 5) is 15.5. The molecule has 184 valence electrons. The van der Waals surface area contributed by atoms with E-state index in [0.717, 1.165) is 49.8 Å². The maximum atomic E-state index is 13.7. The number of nitrogens with zero attached hydrogens (tertiary/aromatic N) is 3. The minimum atomic E-state index is -3.85. The van der Waals surface area contributed by atoms with Gasteiger partial charge in [0.1, 0.15) is 5.69 Å². The van der Waals surface area contributed by atoms with E-state index in [1.54, 1.807) is 13.0 Å². The van der Waals surface area contributed by atoms with Crippen LogP contribution in [0.5, 0.6) is 0 Å². The highest BCUT2D eigenvalue weighted by Gasteiger charge is 2.39. The summed E-state index contributed by atoms with van der Waals surface area (Å²) in [5.74, 6) is 0.0176. The Labute approximate surface area is 202 Å². The van der Waals surface area contributed by atoms with Crippen LogP contribution in [0.25, 0.3) is 12.2 Å². The Morgan fingerprint density at radius 2 is 1.85 bits per heavy atom. The first-order valence-corrected chi connectivity index (χ1v) is 13.8. The molecule has 2 fully saturated rings. The summed E-state index contributed by atoms with van der Waals surface area (Å²) in [5.41, 5.74) is 2.43. The number of aromatic nitrogens is 1. The van der Waals surface area contributed by atoms with Crippen molar-refractivity contribution in [2.45, 2.75) is 70.2 Å². The number of piperidine rings is 2. The first-order chi connectivity index (χ1) is 16.3. The second-order valence-corrected chi connectivity index (χ2v) is 11.4. The Morgan fingerprint density at radius 1 is 1.09 bits per heavy atom. The van der Waals surface area contributed by atoms with Gasteiger partial charge in [-0.2, -0.15) is 4.31 Å². The fourth-order valence-electron chi connectivity index (χ4n) is 5.09. The molecular weight excluding hydrogens is 450 g/mol. The van der Waals surface area contributed by atoms with Crippen molar-refractivity contribution in [2.24, 2.45) is 5.92 Å². The van der Waals surface area contributed by atoms with Crippen molar-refractivity contribution in [1.82, 2.24) is 14.4 Å². The van der Waals surface area contributed by atoms with E-state index < -0.39 is 10.0 Å². The van der Waals surface area contributed by atoms with Gasteiger partial charge in [-0.15, -0.1) is 0 Å². The highest BCUT2D eigenvalue weighted by atomic mass is 32.2. The summed E-state index contributed by atoms with van der Waals surface area (Å²) >= 11 is 0. The fourth-order valence-corrected chi connectivity index (χ4v) is 6.86. The number of carbonyl (C=O) groups excluding carboxylic acids is 1. The third-order valence-electron chi connectivity index (χ3n) is 7.05. The van der Waals surface area contributed by atoms with E-state index in [1.165, 1.54) is 4.31 Å². The second-order valence-electron chi connectivity index (χ2n) is 9.50. The van der Waals surface area contributed by atoms with E-state index in [1.807, 2.05) is 42.2 Å². The van der Waals surface area contributed by atoms with Gasteiger partial charge in [0.2, 0.25) is 15.9 Å². The predicted molar refractivity (Wildman–Crippen MR) is 132 cm³/mol. The van der Waals surface area contributed by atoms with Crippen LogP contribution in [0.2, 0.25) is 0 Å². The number of benzene rings is 1. The minimum Gasteiger partial charge on any atom is -0.355 e. The van der Waals surface area contributed by atoms with Gasteiger partial charge in [0, 0.05) is 25.7 Å². The number of carbonyl (C=O) groups is 1. The Bertz CT molecular complexity index is 1140. The van der Waals surface area contributed by atoms with E-state index >= 15 is 0 Å². The number of rotatable bonds is 6. The van der Waals surface area contributed by atoms with Crippen LogP contribution in [0.15, 0.2) is 33.7 Å². The average molecular weight is 486 g/mol. The lowest BCUT2D eigenvalue weighted by Gasteiger charge is -2.39. The quantitative estimate of drug-likeness (QED) is 0.595. The molecule has 34 heavy (non-hydrogen) atoms. The van der Waals surface area contributed by atoms with Crippen molar-refractivity contribution < 1.29 is 17.7 Å². The van der Waals surface area contributed by atoms with Crippen molar-refractivity contribution in [1.29, 1.82) is 0 Å². The maximum Gasteiger partial charge on any atom is 0.248 e. The van der Waals surface area contributed by atoms with E-state index in [2.05, 4.69) is 12.1 Å². The highest BCUT2D eigenvalue weighted by molar-refractivity contribution is 7.89. The average Bonchev–Trinajstić information content (AvgIpc) is 3.24. The molecule has 0 bridgehead atoms. The van der Waals surface area contributed by atoms with Crippen molar-refractivity contribution in [3.05, 3.63) is 46.8 Å². The lowest BCUT2D eigenvalue weighted by molar-refractivity contribution is -0.140. The Kier molecular flexibility index (Phi) is 7.57. The van der Waals surface area contributed by atoms with Gasteiger partial charge in [-0.25, -0.2) is 8.42 Å². The number of hydrogen-bond donors (Lipinski definition) is 0. The Hall–Kier alpha value is -2.45. The molecule has 2 atom stereocenters. The zero-order chi connectivity index (χ0) is 24.3. The van der Waals surface area contributed by atoms with Crippen LogP contribution in [0.1, 0.15) is 68.0 Å². The van der Waals surface area contributed by atoms with Crippen LogP contribution in [0.4, 0.5) is 0 Å². The van der Waals surface area contributed by atoms with Crippen molar-refractivity contribution in [3.63, 3.8) is 0 Å². The standard InChI is InChI=1S/C26H35N3O4S/c1-4-23-9-5-6-17-29(23)26(30)22-8-7-16-28(18-22)34(31,32)25-20(3)27-33-24(25)15-14-21-12-10-19(2)11-13-21/h10-15,22-23H,4-9,16-18H2,1-3H3/b15-14+. The molecule has 0 spiro atoms. The van der Waals surface area contributed by atoms with Gasteiger partial charge in [0.05, 0.1) is 5.92 Å². The van der Waals surface area contributed by atoms with E-state index in [4.69, 9.17) is 4.52 Å². The molecule has 1 amide bonds. The Morgan fingerprint density at radius 3 is 2.59 bits per heavy atom. The number of hydrogen-bond acceptors (Lipinski definition) is 5. The monoisotopic (exact) mass is 485 g/mol. The molecule has 1 aromatic heterocycles. The SMILES string of the molecule is CCC1CCCCN1C(=O)C1CCCN(S(=O)(=O)c2c(C)noc2/C=C/c2ccc(C)cc2)C1. The zero-order valence-corrected chi connectivity index (χ0v) is 21.2. The first kappa shape index (κ1) is 24.7. The number of sulfonamides is 1. The second kappa shape index (κ2) is 10.4. The van der Waals surface area contributed by atoms with E-state index in [-0.39, 0.29) is 35.1 Å². The summed E-state index contributed by atoms with van der Waals surface area (Å²) in [6, 6.07) is 8.20. The van der Waals surface area contributed by atoms with Crippen molar-refractivity contribution >= 4 is 28.1 Å². The van der Waals surface area contributed by atoms with Crippen molar-refractivity contribution in [3.8, 4) is 0 Å². The van der Waals surface area contributed by atoms with Crippen LogP contribution in [-0.4, -0.2) is 54.4 Å². The van der Waals surface area contributed by atoms with E-state index in [9.17, 15) is 13.2 Å². The summed E-state index contributed by atoms with van der Waals surface area (Å²) in [6.45, 7) is 7.16.